The maximum Gasteiger partial charge on any atom is 0.315 e. The van der Waals surface area contributed by atoms with Gasteiger partial charge in [-0.2, -0.15) is 0 Å². The van der Waals surface area contributed by atoms with Crippen molar-refractivity contribution < 1.29 is 37.0 Å². The molecule has 0 amide bonds. The van der Waals surface area contributed by atoms with E-state index in [2.05, 4.69) is 0 Å². The topological polar surface area (TPSA) is 0 Å². The highest BCUT2D eigenvalue weighted by Crippen LogP contribution is 3.02. The van der Waals surface area contributed by atoms with Crippen molar-refractivity contribution >= 4 is 16.1 Å². The van der Waals surface area contributed by atoms with Crippen molar-refractivity contribution in [2.75, 3.05) is 0 Å². The Kier molecular flexibility index (Phi) is 7.39. The van der Waals surface area contributed by atoms with E-state index in [-0.39, 0.29) is 23.5 Å². The first-order valence-electron chi connectivity index (χ1n) is 11.5. The van der Waals surface area contributed by atoms with Gasteiger partial charge in [-0.25, -0.2) is 17.6 Å². The number of unbranched alkanes of at least 4 members (excludes halogenated alkanes) is 2. The Labute approximate surface area is 198 Å². The van der Waals surface area contributed by atoms with Crippen molar-refractivity contribution in [1.29, 1.82) is 0 Å². The van der Waals surface area contributed by atoms with E-state index >= 15 is 0 Å². The number of benzene rings is 2. The molecule has 0 heterocycles. The summed E-state index contributed by atoms with van der Waals surface area (Å²) in [5.74, 6) is -6.78. The lowest BCUT2D eigenvalue weighted by molar-refractivity contribution is 0.343. The van der Waals surface area contributed by atoms with Crippen LogP contribution in [0.15, 0.2) is 47.1 Å². The summed E-state index contributed by atoms with van der Waals surface area (Å²) in [4.78, 5) is -3.11. The molecule has 10 heteroatoms. The van der Waals surface area contributed by atoms with Crippen LogP contribution in [0.25, 0.3) is 5.83 Å². The smallest absolute Gasteiger partial charge is 0.209 e. The van der Waals surface area contributed by atoms with Crippen molar-refractivity contribution in [1.82, 2.24) is 0 Å². The fraction of sp³-hybridized carbons (Fsp3) is 0.440. The van der Waals surface area contributed by atoms with Gasteiger partial charge in [0.15, 0.2) is 10.7 Å². The summed E-state index contributed by atoms with van der Waals surface area (Å²) in [5.41, 5.74) is 0.900. The second kappa shape index (κ2) is 9.41. The third kappa shape index (κ3) is 6.77. The lowest BCUT2D eigenvalue weighted by atomic mass is 9.76. The van der Waals surface area contributed by atoms with Gasteiger partial charge in [-0.3, -0.25) is 0 Å². The molecule has 0 spiro atoms. The molecule has 0 N–H and O–H groups in total. The van der Waals surface area contributed by atoms with Crippen LogP contribution in [-0.4, -0.2) is 0 Å². The van der Waals surface area contributed by atoms with Gasteiger partial charge in [0.2, 0.25) is 0 Å². The Morgan fingerprint density at radius 3 is 1.71 bits per heavy atom. The molecule has 0 nitrogen and oxygen atoms in total. The highest BCUT2D eigenvalue weighted by Gasteiger charge is 2.68. The molecule has 0 saturated heterocycles. The summed E-state index contributed by atoms with van der Waals surface area (Å²) < 4.78 is 121. The van der Waals surface area contributed by atoms with E-state index in [0.717, 1.165) is 18.4 Å². The number of rotatable bonds is 8. The number of hydrogen-bond donors (Lipinski definition) is 0. The van der Waals surface area contributed by atoms with Gasteiger partial charge in [0.05, 0.1) is 0 Å². The average Bonchev–Trinajstić information content (AvgIpc) is 2.76. The summed E-state index contributed by atoms with van der Waals surface area (Å²) in [6.07, 6.45) is 4.11. The summed E-state index contributed by atoms with van der Waals surface area (Å²) in [7, 11) is -10.5. The average molecular weight is 531 g/mol. The van der Waals surface area contributed by atoms with Crippen LogP contribution >= 0.6 is 10.2 Å². The van der Waals surface area contributed by atoms with Crippen LogP contribution in [0.5, 0.6) is 0 Å². The molecule has 1 saturated carbocycles. The molecule has 0 unspecified atom stereocenters. The minimum Gasteiger partial charge on any atom is -0.209 e. The van der Waals surface area contributed by atoms with Crippen LogP contribution in [0.1, 0.15) is 86.8 Å². The van der Waals surface area contributed by atoms with Gasteiger partial charge >= 0.3 is 10.2 Å². The standard InChI is InChI=1S/C25H27F9S/c1-2-3-4-5-21(26)24(29)19-12-10-17(11-13-19)16-6-8-18(9-7-16)20-14-22(27)25(23(28)15-20)35(30,31,32,33)34/h10-16,18H,2-9H2,1H3. The van der Waals surface area contributed by atoms with Gasteiger partial charge < -0.3 is 0 Å². The summed E-state index contributed by atoms with van der Waals surface area (Å²) in [6.45, 7) is 1.96. The molecule has 0 radical (unpaired) electrons. The molecule has 2 aromatic carbocycles. The fourth-order valence-corrected chi connectivity index (χ4v) is 5.50. The molecular weight excluding hydrogens is 503 g/mol. The van der Waals surface area contributed by atoms with Crippen LogP contribution in [0.4, 0.5) is 37.0 Å². The molecule has 1 fully saturated rings. The third-order valence-corrected chi connectivity index (χ3v) is 7.64. The summed E-state index contributed by atoms with van der Waals surface area (Å²) in [5, 5.41) is 0. The monoisotopic (exact) mass is 530 g/mol. The fourth-order valence-electron chi connectivity index (χ4n) is 4.64. The third-order valence-electron chi connectivity index (χ3n) is 6.48. The Morgan fingerprint density at radius 1 is 0.771 bits per heavy atom. The molecule has 1 aliphatic carbocycles. The first-order valence-corrected chi connectivity index (χ1v) is 13.4. The van der Waals surface area contributed by atoms with E-state index in [4.69, 9.17) is 0 Å². The summed E-state index contributed by atoms with van der Waals surface area (Å²) >= 11 is 0. The zero-order valence-electron chi connectivity index (χ0n) is 19.1. The van der Waals surface area contributed by atoms with Crippen molar-refractivity contribution in [3.63, 3.8) is 0 Å². The molecule has 0 bridgehead atoms. The van der Waals surface area contributed by atoms with E-state index in [1.165, 1.54) is 12.1 Å². The van der Waals surface area contributed by atoms with Crippen LogP contribution in [0, 0.1) is 11.6 Å². The SMILES string of the molecule is CCCCCC(F)=C(F)c1ccc(C2CCC(c3cc(F)c(S(F)(F)(F)(F)F)c(F)c3)CC2)cc1. The van der Waals surface area contributed by atoms with Crippen molar-refractivity contribution in [3.05, 3.63) is 70.5 Å². The van der Waals surface area contributed by atoms with Crippen LogP contribution in [0.2, 0.25) is 0 Å². The first-order chi connectivity index (χ1) is 16.1. The molecule has 0 aromatic heterocycles. The Balaban J connectivity index is 1.68. The second-order valence-corrected chi connectivity index (χ2v) is 11.5. The second-order valence-electron chi connectivity index (χ2n) is 9.13. The molecule has 0 atom stereocenters. The van der Waals surface area contributed by atoms with E-state index in [9.17, 15) is 37.0 Å². The van der Waals surface area contributed by atoms with Gasteiger partial charge in [0.1, 0.15) is 17.5 Å². The predicted molar refractivity (Wildman–Crippen MR) is 121 cm³/mol. The van der Waals surface area contributed by atoms with E-state index < -0.39 is 44.3 Å². The minimum atomic E-state index is -10.5. The molecule has 35 heavy (non-hydrogen) atoms. The normalized spacial score (nSPS) is 21.8. The molecule has 0 aliphatic heterocycles. The van der Waals surface area contributed by atoms with Gasteiger partial charge in [0.25, 0.3) is 0 Å². The van der Waals surface area contributed by atoms with Crippen molar-refractivity contribution in [2.24, 2.45) is 0 Å². The molecular formula is C25H27F9S. The molecule has 1 aliphatic rings. The highest BCUT2D eigenvalue weighted by molar-refractivity contribution is 8.45. The van der Waals surface area contributed by atoms with Crippen LogP contribution in [0.3, 0.4) is 0 Å². The minimum absolute atomic E-state index is 0.0143. The Bertz CT molecular complexity index is 1060. The van der Waals surface area contributed by atoms with Gasteiger partial charge in [-0.05, 0) is 67.2 Å². The van der Waals surface area contributed by atoms with Crippen molar-refractivity contribution in [3.8, 4) is 0 Å². The van der Waals surface area contributed by atoms with Crippen molar-refractivity contribution in [2.45, 2.75) is 75.0 Å². The highest BCUT2D eigenvalue weighted by atomic mass is 32.5. The van der Waals surface area contributed by atoms with Gasteiger partial charge in [0, 0.05) is 12.0 Å². The lowest BCUT2D eigenvalue weighted by Crippen LogP contribution is -2.15. The Morgan fingerprint density at radius 2 is 1.26 bits per heavy atom. The zero-order valence-corrected chi connectivity index (χ0v) is 19.9. The van der Waals surface area contributed by atoms with E-state index in [1.807, 2.05) is 6.92 Å². The van der Waals surface area contributed by atoms with E-state index in [0.29, 0.717) is 44.2 Å². The number of allylic oxidation sites excluding steroid dienone is 1. The van der Waals surface area contributed by atoms with Gasteiger partial charge in [-0.15, -0.1) is 0 Å². The maximum atomic E-state index is 14.3. The zero-order chi connectivity index (χ0) is 26.1. The molecule has 196 valence electrons. The molecule has 2 aromatic rings. The maximum absolute atomic E-state index is 14.3. The number of hydrogen-bond acceptors (Lipinski definition) is 0. The first kappa shape index (κ1) is 27.5. The largest absolute Gasteiger partial charge is 0.315 e. The van der Waals surface area contributed by atoms with E-state index in [1.54, 1.807) is 12.1 Å². The quantitative estimate of drug-likeness (QED) is 0.235. The van der Waals surface area contributed by atoms with Crippen LogP contribution in [-0.2, 0) is 0 Å². The lowest BCUT2D eigenvalue weighted by Gasteiger charge is -2.41. The number of halogens is 9. The predicted octanol–water partition coefficient (Wildman–Crippen LogP) is 11.3. The summed E-state index contributed by atoms with van der Waals surface area (Å²) in [6, 6.07) is 7.03. The molecule has 3 rings (SSSR count). The Hall–Kier alpha value is -2.10. The van der Waals surface area contributed by atoms with Gasteiger partial charge in [-0.1, -0.05) is 63.5 Å². The van der Waals surface area contributed by atoms with Crippen LogP contribution < -0.4 is 0 Å².